The first kappa shape index (κ1) is 39.1. The molecule has 51 heavy (non-hydrogen) atoms. The molecule has 0 radical (unpaired) electrons. The smallest absolute Gasteiger partial charge is 0.416 e. The molecular weight excluding hydrogens is 708 g/mol. The number of carbonyl (C=O) groups is 2. The molecule has 17 heteroatoms. The quantitative estimate of drug-likeness (QED) is 0.105. The number of hydrogen-bond acceptors (Lipinski definition) is 6. The van der Waals surface area contributed by atoms with Gasteiger partial charge in [-0.15, -0.1) is 0 Å². The molecule has 1 amide bonds. The molecule has 3 aromatic rings. The van der Waals surface area contributed by atoms with Crippen molar-refractivity contribution in [1.82, 2.24) is 4.90 Å². The Morgan fingerprint density at radius 1 is 0.824 bits per heavy atom. The fourth-order valence-electron chi connectivity index (χ4n) is 5.46. The summed E-state index contributed by atoms with van der Waals surface area (Å²) >= 11 is 0. The van der Waals surface area contributed by atoms with Crippen LogP contribution in [0.3, 0.4) is 0 Å². The van der Waals surface area contributed by atoms with Gasteiger partial charge < -0.3 is 18.9 Å². The zero-order valence-corrected chi connectivity index (χ0v) is 27.2. The van der Waals surface area contributed by atoms with Gasteiger partial charge in [0.2, 0.25) is 0 Å². The number of alkyl halides is 9. The molecule has 0 aliphatic carbocycles. The Kier molecular flexibility index (Phi) is 11.7. The number of rotatable bonds is 12. The van der Waals surface area contributed by atoms with Crippen molar-refractivity contribution in [3.63, 3.8) is 0 Å². The molecule has 0 saturated carbocycles. The third-order valence-electron chi connectivity index (χ3n) is 7.99. The summed E-state index contributed by atoms with van der Waals surface area (Å²) in [6, 6.07) is 4.03. The molecule has 1 aliphatic rings. The van der Waals surface area contributed by atoms with E-state index in [1.54, 1.807) is 6.92 Å². The first-order valence-electron chi connectivity index (χ1n) is 15.4. The van der Waals surface area contributed by atoms with Crippen LogP contribution in [0.2, 0.25) is 0 Å². The zero-order valence-electron chi connectivity index (χ0n) is 27.2. The SMILES string of the molecule is CCOC(=O)CCCCOc1cc(-c2ccc(C(F)(F)F)cc2CN2C(=O)O[C@H](c3cc(C(F)(F)F)cc(C(F)(F)F)c3)[C@@H]2C)c(OC)cc1F. The third-order valence-corrected chi connectivity index (χ3v) is 7.99. The number of ether oxygens (including phenoxy) is 4. The summed E-state index contributed by atoms with van der Waals surface area (Å²) in [6.07, 6.45) is -17.4. The van der Waals surface area contributed by atoms with Gasteiger partial charge in [0.25, 0.3) is 0 Å². The van der Waals surface area contributed by atoms with Crippen LogP contribution in [0.1, 0.15) is 67.0 Å². The second-order valence-corrected chi connectivity index (χ2v) is 11.5. The Bertz CT molecular complexity index is 1710. The first-order valence-corrected chi connectivity index (χ1v) is 15.4. The van der Waals surface area contributed by atoms with Crippen molar-refractivity contribution >= 4 is 12.1 Å². The van der Waals surface area contributed by atoms with Crippen LogP contribution in [0.25, 0.3) is 11.1 Å². The van der Waals surface area contributed by atoms with E-state index in [9.17, 15) is 53.5 Å². The highest BCUT2D eigenvalue weighted by atomic mass is 19.4. The van der Waals surface area contributed by atoms with E-state index in [-0.39, 0.29) is 53.9 Å². The van der Waals surface area contributed by atoms with E-state index in [1.807, 2.05) is 0 Å². The van der Waals surface area contributed by atoms with Crippen molar-refractivity contribution in [1.29, 1.82) is 0 Å². The number of unbranched alkanes of at least 4 members (excludes halogenated alkanes) is 1. The maximum absolute atomic E-state index is 15.0. The van der Waals surface area contributed by atoms with Gasteiger partial charge in [0.15, 0.2) is 11.6 Å². The lowest BCUT2D eigenvalue weighted by Crippen LogP contribution is -2.32. The van der Waals surface area contributed by atoms with Gasteiger partial charge in [0.05, 0.1) is 49.6 Å². The summed E-state index contributed by atoms with van der Waals surface area (Å²) in [5, 5.41) is 0. The summed E-state index contributed by atoms with van der Waals surface area (Å²) in [5.74, 6) is -1.75. The first-order chi connectivity index (χ1) is 23.7. The van der Waals surface area contributed by atoms with Crippen molar-refractivity contribution < 1.29 is 72.4 Å². The number of halogens is 10. The van der Waals surface area contributed by atoms with Crippen molar-refractivity contribution in [2.45, 2.75) is 70.3 Å². The van der Waals surface area contributed by atoms with Gasteiger partial charge >= 0.3 is 30.6 Å². The van der Waals surface area contributed by atoms with E-state index >= 15 is 0 Å². The van der Waals surface area contributed by atoms with Gasteiger partial charge in [0, 0.05) is 18.1 Å². The molecule has 0 N–H and O–H groups in total. The average Bonchev–Trinajstić information content (AvgIpc) is 3.32. The fraction of sp³-hybridized carbons (Fsp3) is 0.412. The van der Waals surface area contributed by atoms with Crippen LogP contribution >= 0.6 is 0 Å². The Labute approximate surface area is 285 Å². The average molecular weight is 740 g/mol. The highest BCUT2D eigenvalue weighted by Gasteiger charge is 2.44. The molecule has 278 valence electrons. The minimum absolute atomic E-state index is 0.00823. The molecule has 1 fully saturated rings. The van der Waals surface area contributed by atoms with Crippen LogP contribution in [-0.4, -0.2) is 43.3 Å². The van der Waals surface area contributed by atoms with E-state index < -0.39 is 77.4 Å². The van der Waals surface area contributed by atoms with E-state index in [1.165, 1.54) is 20.1 Å². The third kappa shape index (κ3) is 9.35. The molecule has 0 spiro atoms. The van der Waals surface area contributed by atoms with E-state index in [0.717, 1.165) is 23.1 Å². The minimum Gasteiger partial charge on any atom is -0.496 e. The molecule has 1 saturated heterocycles. The van der Waals surface area contributed by atoms with Gasteiger partial charge in [-0.05, 0) is 79.8 Å². The topological polar surface area (TPSA) is 74.3 Å². The van der Waals surface area contributed by atoms with Crippen molar-refractivity contribution in [3.8, 4) is 22.6 Å². The van der Waals surface area contributed by atoms with Crippen molar-refractivity contribution in [2.75, 3.05) is 20.3 Å². The summed E-state index contributed by atoms with van der Waals surface area (Å²) in [6.45, 7) is 2.40. The molecular formula is C34H31F10NO6. The maximum atomic E-state index is 15.0. The zero-order chi connectivity index (χ0) is 37.9. The Hall–Kier alpha value is -4.70. The lowest BCUT2D eigenvalue weighted by atomic mass is 9.94. The van der Waals surface area contributed by atoms with Gasteiger partial charge in [-0.25, -0.2) is 9.18 Å². The highest BCUT2D eigenvalue weighted by molar-refractivity contribution is 5.77. The lowest BCUT2D eigenvalue weighted by molar-refractivity contribution is -0.144. The Balaban J connectivity index is 1.70. The monoisotopic (exact) mass is 739 g/mol. The number of cyclic esters (lactones) is 1. The Morgan fingerprint density at radius 3 is 2.02 bits per heavy atom. The van der Waals surface area contributed by atoms with Crippen LogP contribution < -0.4 is 9.47 Å². The van der Waals surface area contributed by atoms with E-state index in [0.29, 0.717) is 31.0 Å². The number of amides is 1. The summed E-state index contributed by atoms with van der Waals surface area (Å²) in [4.78, 5) is 25.5. The summed E-state index contributed by atoms with van der Waals surface area (Å²) in [5.41, 5.74) is -5.22. The molecule has 1 aliphatic heterocycles. The van der Waals surface area contributed by atoms with Crippen LogP contribution in [0.5, 0.6) is 11.5 Å². The van der Waals surface area contributed by atoms with Gasteiger partial charge in [-0.3, -0.25) is 9.69 Å². The van der Waals surface area contributed by atoms with E-state index in [4.69, 9.17) is 18.9 Å². The largest absolute Gasteiger partial charge is 0.496 e. The van der Waals surface area contributed by atoms with Gasteiger partial charge in [-0.2, -0.15) is 39.5 Å². The number of methoxy groups -OCH3 is 1. The van der Waals surface area contributed by atoms with Gasteiger partial charge in [0.1, 0.15) is 11.9 Å². The predicted octanol–water partition coefficient (Wildman–Crippen LogP) is 9.75. The lowest BCUT2D eigenvalue weighted by Gasteiger charge is -2.24. The van der Waals surface area contributed by atoms with E-state index in [2.05, 4.69) is 0 Å². The van der Waals surface area contributed by atoms with Crippen LogP contribution in [-0.2, 0) is 39.3 Å². The van der Waals surface area contributed by atoms with Gasteiger partial charge in [-0.1, -0.05) is 6.07 Å². The molecule has 1 heterocycles. The molecule has 2 atom stereocenters. The van der Waals surface area contributed by atoms with Crippen LogP contribution in [0.4, 0.5) is 48.7 Å². The summed E-state index contributed by atoms with van der Waals surface area (Å²) in [7, 11) is 1.17. The number of esters is 1. The second-order valence-electron chi connectivity index (χ2n) is 11.5. The standard InChI is InChI=1S/C34H31F10NO6/c1-4-49-29(46)7-5-6-10-50-28-15-25(27(48-3)16-26(28)35)24-9-8-21(32(36,37)38)13-20(24)17-45-18(2)30(51-31(45)47)19-11-22(33(39,40)41)14-23(12-19)34(42,43)44/h8-9,11-16,18,30H,4-7,10,17H2,1-3H3/t18-,30-/m0/s1. The number of carbonyl (C=O) groups excluding carboxylic acids is 2. The minimum atomic E-state index is -5.19. The van der Waals surface area contributed by atoms with Crippen LogP contribution in [0, 0.1) is 5.82 Å². The Morgan fingerprint density at radius 2 is 1.45 bits per heavy atom. The molecule has 0 bridgehead atoms. The number of benzene rings is 3. The molecule has 3 aromatic carbocycles. The molecule has 0 aromatic heterocycles. The molecule has 7 nitrogen and oxygen atoms in total. The molecule has 4 rings (SSSR count). The van der Waals surface area contributed by atoms with Crippen molar-refractivity contribution in [2.24, 2.45) is 0 Å². The summed E-state index contributed by atoms with van der Waals surface area (Å²) < 4.78 is 159. The number of hydrogen-bond donors (Lipinski definition) is 0. The van der Waals surface area contributed by atoms with Crippen molar-refractivity contribution in [3.05, 3.63) is 82.2 Å². The van der Waals surface area contributed by atoms with Crippen LogP contribution in [0.15, 0.2) is 48.5 Å². The second kappa shape index (κ2) is 15.3. The molecule has 0 unspecified atom stereocenters. The highest BCUT2D eigenvalue weighted by Crippen LogP contribution is 2.44. The normalized spacial score (nSPS) is 16.6. The fourth-order valence-corrected chi connectivity index (χ4v) is 5.46. The predicted molar refractivity (Wildman–Crippen MR) is 160 cm³/mol. The number of nitrogens with zero attached hydrogens (tertiary/aromatic N) is 1. The maximum Gasteiger partial charge on any atom is 0.416 e.